The largest absolute Gasteiger partial charge is 0.379 e. The number of ether oxygens (including phenoxy) is 1. The van der Waals surface area contributed by atoms with Crippen molar-refractivity contribution in [1.82, 2.24) is 4.90 Å². The van der Waals surface area contributed by atoms with Crippen LogP contribution >= 0.6 is 11.3 Å². The predicted octanol–water partition coefficient (Wildman–Crippen LogP) is 2.23. The van der Waals surface area contributed by atoms with Gasteiger partial charge in [-0.05, 0) is 30.0 Å². The van der Waals surface area contributed by atoms with Crippen LogP contribution in [0.4, 0.5) is 0 Å². The molecule has 1 fully saturated rings. The summed E-state index contributed by atoms with van der Waals surface area (Å²) in [6.07, 6.45) is 0.985. The zero-order valence-corrected chi connectivity index (χ0v) is 11.9. The van der Waals surface area contributed by atoms with Crippen LogP contribution in [0.1, 0.15) is 10.4 Å². The van der Waals surface area contributed by atoms with Crippen molar-refractivity contribution < 1.29 is 4.74 Å². The first kappa shape index (κ1) is 13.1. The monoisotopic (exact) mass is 276 g/mol. The average Bonchev–Trinajstić information content (AvgIpc) is 2.79. The Kier molecular flexibility index (Phi) is 4.13. The number of fused-ring (bicyclic) bond motifs is 1. The highest BCUT2D eigenvalue weighted by Gasteiger charge is 2.16. The molecule has 0 spiro atoms. The van der Waals surface area contributed by atoms with Gasteiger partial charge in [-0.25, -0.2) is 0 Å². The normalized spacial score (nSPS) is 17.1. The molecule has 0 atom stereocenters. The number of morpholine rings is 1. The molecule has 0 amide bonds. The third-order valence-electron chi connectivity index (χ3n) is 3.64. The van der Waals surface area contributed by atoms with Crippen LogP contribution in [0.2, 0.25) is 0 Å². The van der Waals surface area contributed by atoms with E-state index in [9.17, 15) is 0 Å². The lowest BCUT2D eigenvalue weighted by Crippen LogP contribution is -2.35. The molecule has 102 valence electrons. The fraction of sp³-hybridized carbons (Fsp3) is 0.467. The molecule has 2 heterocycles. The molecule has 1 saturated heterocycles. The molecule has 4 heteroatoms. The number of benzene rings is 1. The summed E-state index contributed by atoms with van der Waals surface area (Å²) in [4.78, 5) is 3.94. The topological polar surface area (TPSA) is 38.5 Å². The first-order valence-electron chi connectivity index (χ1n) is 6.88. The highest BCUT2D eigenvalue weighted by atomic mass is 32.1. The Morgan fingerprint density at radius 3 is 2.79 bits per heavy atom. The minimum atomic E-state index is 0.725. The minimum Gasteiger partial charge on any atom is -0.379 e. The van der Waals surface area contributed by atoms with E-state index < -0.39 is 0 Å². The predicted molar refractivity (Wildman–Crippen MR) is 80.7 cm³/mol. The van der Waals surface area contributed by atoms with Gasteiger partial charge in [-0.2, -0.15) is 0 Å². The lowest BCUT2D eigenvalue weighted by molar-refractivity contribution is 0.0343. The van der Waals surface area contributed by atoms with Crippen molar-refractivity contribution in [2.75, 3.05) is 32.8 Å². The van der Waals surface area contributed by atoms with Crippen LogP contribution in [0.15, 0.2) is 24.3 Å². The van der Waals surface area contributed by atoms with Crippen molar-refractivity contribution in [2.24, 2.45) is 5.73 Å². The summed E-state index contributed by atoms with van der Waals surface area (Å²) in [6.45, 7) is 5.53. The zero-order chi connectivity index (χ0) is 13.1. The fourth-order valence-electron chi connectivity index (χ4n) is 2.64. The zero-order valence-electron chi connectivity index (χ0n) is 11.1. The van der Waals surface area contributed by atoms with E-state index in [-0.39, 0.29) is 0 Å². The molecular weight excluding hydrogens is 256 g/mol. The van der Waals surface area contributed by atoms with Gasteiger partial charge < -0.3 is 10.5 Å². The van der Waals surface area contributed by atoms with Crippen molar-refractivity contribution in [3.63, 3.8) is 0 Å². The number of nitrogens with zero attached hydrogens (tertiary/aromatic N) is 1. The van der Waals surface area contributed by atoms with Crippen molar-refractivity contribution in [1.29, 1.82) is 0 Å². The van der Waals surface area contributed by atoms with E-state index in [4.69, 9.17) is 10.5 Å². The number of hydrogen-bond donors (Lipinski definition) is 1. The van der Waals surface area contributed by atoms with Crippen LogP contribution in [0.3, 0.4) is 0 Å². The van der Waals surface area contributed by atoms with Crippen molar-refractivity contribution >= 4 is 21.4 Å². The molecule has 3 rings (SSSR count). The number of rotatable bonds is 4. The quantitative estimate of drug-likeness (QED) is 0.930. The Morgan fingerprint density at radius 2 is 2.00 bits per heavy atom. The molecule has 0 saturated carbocycles. The summed E-state index contributed by atoms with van der Waals surface area (Å²) < 4.78 is 6.81. The smallest absolute Gasteiger partial charge is 0.0594 e. The molecule has 2 N–H and O–H groups in total. The van der Waals surface area contributed by atoms with Crippen LogP contribution in [0.25, 0.3) is 10.1 Å². The van der Waals surface area contributed by atoms with Gasteiger partial charge in [-0.3, -0.25) is 4.90 Å². The van der Waals surface area contributed by atoms with E-state index in [1.54, 1.807) is 0 Å². The molecule has 1 aromatic carbocycles. The summed E-state index contributed by atoms with van der Waals surface area (Å²) in [5.41, 5.74) is 7.24. The van der Waals surface area contributed by atoms with Gasteiger partial charge in [0.15, 0.2) is 0 Å². The van der Waals surface area contributed by atoms with Gasteiger partial charge in [0, 0.05) is 29.2 Å². The second-order valence-electron chi connectivity index (χ2n) is 4.93. The van der Waals surface area contributed by atoms with Gasteiger partial charge in [-0.15, -0.1) is 11.3 Å². The van der Waals surface area contributed by atoms with Crippen molar-refractivity contribution in [3.8, 4) is 0 Å². The Hall–Kier alpha value is -0.940. The van der Waals surface area contributed by atoms with Gasteiger partial charge in [0.2, 0.25) is 0 Å². The Bertz CT molecular complexity index is 546. The first-order valence-corrected chi connectivity index (χ1v) is 7.69. The lowest BCUT2D eigenvalue weighted by atomic mass is 10.1. The summed E-state index contributed by atoms with van der Waals surface area (Å²) in [5.74, 6) is 0. The van der Waals surface area contributed by atoms with E-state index in [0.717, 1.165) is 45.8 Å². The highest BCUT2D eigenvalue weighted by Crippen LogP contribution is 2.32. The van der Waals surface area contributed by atoms with E-state index in [2.05, 4.69) is 29.2 Å². The summed E-state index contributed by atoms with van der Waals surface area (Å²) in [7, 11) is 0. The van der Waals surface area contributed by atoms with Crippen LogP contribution in [-0.2, 0) is 17.7 Å². The third-order valence-corrected chi connectivity index (χ3v) is 4.91. The second kappa shape index (κ2) is 6.01. The van der Waals surface area contributed by atoms with Gasteiger partial charge in [0.1, 0.15) is 0 Å². The minimum absolute atomic E-state index is 0.725. The lowest BCUT2D eigenvalue weighted by Gasteiger charge is -2.26. The fourth-order valence-corrected chi connectivity index (χ4v) is 3.87. The maximum atomic E-state index is 5.76. The van der Waals surface area contributed by atoms with Gasteiger partial charge >= 0.3 is 0 Å². The van der Waals surface area contributed by atoms with Crippen LogP contribution < -0.4 is 5.73 Å². The first-order chi connectivity index (χ1) is 9.38. The van der Waals surface area contributed by atoms with Crippen molar-refractivity contribution in [3.05, 3.63) is 34.7 Å². The third kappa shape index (κ3) is 2.82. The summed E-state index contributed by atoms with van der Waals surface area (Å²) >= 11 is 1.90. The molecule has 0 unspecified atom stereocenters. The van der Waals surface area contributed by atoms with E-state index in [1.807, 2.05) is 11.3 Å². The molecule has 0 aliphatic carbocycles. The van der Waals surface area contributed by atoms with E-state index in [1.165, 1.54) is 20.5 Å². The molecule has 1 aliphatic rings. The molecule has 3 nitrogen and oxygen atoms in total. The van der Waals surface area contributed by atoms with Gasteiger partial charge in [0.25, 0.3) is 0 Å². The maximum Gasteiger partial charge on any atom is 0.0594 e. The Labute approximate surface area is 118 Å². The SMILES string of the molecule is NCCc1sc2ccccc2c1CN1CCOCC1. The Balaban J connectivity index is 1.92. The van der Waals surface area contributed by atoms with E-state index in [0.29, 0.717) is 0 Å². The standard InChI is InChI=1S/C15H20N2OS/c16-6-5-15-13(11-17-7-9-18-10-8-17)12-3-1-2-4-14(12)19-15/h1-4H,5-11,16H2. The van der Waals surface area contributed by atoms with Crippen molar-refractivity contribution in [2.45, 2.75) is 13.0 Å². The molecule has 2 aromatic rings. The molecule has 0 bridgehead atoms. The number of thiophene rings is 1. The van der Waals surface area contributed by atoms with Crippen LogP contribution in [0, 0.1) is 0 Å². The van der Waals surface area contributed by atoms with Crippen LogP contribution in [0.5, 0.6) is 0 Å². The number of hydrogen-bond acceptors (Lipinski definition) is 4. The highest BCUT2D eigenvalue weighted by molar-refractivity contribution is 7.19. The molecular formula is C15H20N2OS. The number of nitrogens with two attached hydrogens (primary N) is 1. The van der Waals surface area contributed by atoms with Gasteiger partial charge in [-0.1, -0.05) is 18.2 Å². The van der Waals surface area contributed by atoms with Crippen LogP contribution in [-0.4, -0.2) is 37.7 Å². The van der Waals surface area contributed by atoms with Gasteiger partial charge in [0.05, 0.1) is 13.2 Å². The second-order valence-corrected chi connectivity index (χ2v) is 6.06. The molecule has 1 aliphatic heterocycles. The molecule has 19 heavy (non-hydrogen) atoms. The summed E-state index contributed by atoms with van der Waals surface area (Å²) in [6, 6.07) is 8.69. The molecule has 0 radical (unpaired) electrons. The Morgan fingerprint density at radius 1 is 1.21 bits per heavy atom. The summed E-state index contributed by atoms with van der Waals surface area (Å²) in [5, 5.41) is 1.41. The molecule has 1 aromatic heterocycles. The maximum absolute atomic E-state index is 5.76. The van der Waals surface area contributed by atoms with E-state index >= 15 is 0 Å². The average molecular weight is 276 g/mol.